The lowest BCUT2D eigenvalue weighted by molar-refractivity contribution is 0.586. The third-order valence-electron chi connectivity index (χ3n) is 4.47. The number of aryl methyl sites for hydroxylation is 2. The molecule has 0 unspecified atom stereocenters. The van der Waals surface area contributed by atoms with Crippen LogP contribution in [0.15, 0.2) is 34.2 Å². The van der Waals surface area contributed by atoms with Crippen molar-refractivity contribution in [2.75, 3.05) is 18.8 Å². The van der Waals surface area contributed by atoms with Crippen LogP contribution in [0.3, 0.4) is 0 Å². The first-order valence-corrected chi connectivity index (χ1v) is 12.3. The van der Waals surface area contributed by atoms with E-state index in [1.807, 2.05) is 32.9 Å². The summed E-state index contributed by atoms with van der Waals surface area (Å²) in [5, 5.41) is 7.30. The lowest BCUT2D eigenvalue weighted by atomic mass is 9.87. The van der Waals surface area contributed by atoms with Gasteiger partial charge in [-0.25, -0.2) is 18.4 Å². The fourth-order valence-corrected chi connectivity index (χ4v) is 4.82. The summed E-state index contributed by atoms with van der Waals surface area (Å²) >= 11 is 1.63. The largest absolute Gasteiger partial charge is 0.357 e. The van der Waals surface area contributed by atoms with Crippen LogP contribution >= 0.6 is 35.3 Å². The molecule has 0 fully saturated rings. The summed E-state index contributed by atoms with van der Waals surface area (Å²) in [6.07, 6.45) is 0. The number of benzene rings is 1. The Balaban J connectivity index is 0.00000450. The van der Waals surface area contributed by atoms with Gasteiger partial charge in [0, 0.05) is 18.0 Å². The summed E-state index contributed by atoms with van der Waals surface area (Å²) in [6, 6.07) is 7.19. The van der Waals surface area contributed by atoms with E-state index < -0.39 is 9.84 Å². The summed E-state index contributed by atoms with van der Waals surface area (Å²) in [5.41, 5.74) is 2.11. The Morgan fingerprint density at radius 1 is 1.13 bits per heavy atom. The van der Waals surface area contributed by atoms with Gasteiger partial charge in [0.25, 0.3) is 0 Å². The van der Waals surface area contributed by atoms with Gasteiger partial charge in [-0.1, -0.05) is 32.9 Å². The summed E-state index contributed by atoms with van der Waals surface area (Å²) in [6.45, 7) is 13.8. The number of aromatic nitrogens is 1. The third-order valence-corrected chi connectivity index (χ3v) is 7.26. The molecule has 0 aliphatic carbocycles. The molecule has 2 N–H and O–H groups in total. The first-order chi connectivity index (χ1) is 13.5. The smallest absolute Gasteiger partial charge is 0.191 e. The van der Waals surface area contributed by atoms with Gasteiger partial charge in [-0.05, 0) is 43.9 Å². The van der Waals surface area contributed by atoms with Gasteiger partial charge in [-0.2, -0.15) is 0 Å². The van der Waals surface area contributed by atoms with E-state index >= 15 is 0 Å². The van der Waals surface area contributed by atoms with Gasteiger partial charge in [0.1, 0.15) is 0 Å². The summed E-state index contributed by atoms with van der Waals surface area (Å²) < 4.78 is 25.3. The molecule has 30 heavy (non-hydrogen) atoms. The van der Waals surface area contributed by atoms with Crippen LogP contribution in [0.25, 0.3) is 0 Å². The van der Waals surface area contributed by atoms with Crippen LogP contribution in [0.2, 0.25) is 0 Å². The van der Waals surface area contributed by atoms with Gasteiger partial charge < -0.3 is 10.6 Å². The predicted molar refractivity (Wildman–Crippen MR) is 137 cm³/mol. The highest BCUT2D eigenvalue weighted by molar-refractivity contribution is 14.0. The lowest BCUT2D eigenvalue weighted by Gasteiger charge is -2.19. The number of guanidine groups is 1. The number of nitrogens with one attached hydrogen (secondary N) is 2. The molecule has 1 heterocycles. The molecule has 0 aliphatic rings. The topological polar surface area (TPSA) is 83.4 Å². The predicted octanol–water partition coefficient (Wildman–Crippen LogP) is 4.20. The van der Waals surface area contributed by atoms with E-state index in [1.165, 1.54) is 0 Å². The Kier molecular flexibility index (Phi) is 10.2. The van der Waals surface area contributed by atoms with Gasteiger partial charge in [-0.3, -0.25) is 0 Å². The van der Waals surface area contributed by atoms with Gasteiger partial charge in [0.2, 0.25) is 0 Å². The second-order valence-corrected chi connectivity index (χ2v) is 11.4. The maximum absolute atomic E-state index is 12.7. The molecule has 9 heteroatoms. The van der Waals surface area contributed by atoms with Crippen molar-refractivity contribution in [3.05, 3.63) is 45.4 Å². The monoisotopic (exact) mass is 564 g/mol. The molecule has 2 rings (SSSR count). The van der Waals surface area contributed by atoms with E-state index in [0.717, 1.165) is 21.1 Å². The zero-order valence-electron chi connectivity index (χ0n) is 18.6. The molecular formula is C21H33IN4O2S2. The molecule has 0 amide bonds. The van der Waals surface area contributed by atoms with E-state index in [9.17, 15) is 8.42 Å². The Bertz CT molecular complexity index is 946. The lowest BCUT2D eigenvalue weighted by Crippen LogP contribution is -2.39. The average Bonchev–Trinajstić information content (AvgIpc) is 2.96. The van der Waals surface area contributed by atoms with E-state index in [4.69, 9.17) is 0 Å². The van der Waals surface area contributed by atoms with Gasteiger partial charge >= 0.3 is 0 Å². The molecule has 0 saturated heterocycles. The van der Waals surface area contributed by atoms with Crippen LogP contribution in [-0.4, -0.2) is 38.2 Å². The number of thiazole rings is 1. The highest BCUT2D eigenvalue weighted by atomic mass is 127. The first kappa shape index (κ1) is 26.8. The quantitative estimate of drug-likeness (QED) is 0.299. The van der Waals surface area contributed by atoms with Crippen LogP contribution in [0.4, 0.5) is 0 Å². The van der Waals surface area contributed by atoms with Gasteiger partial charge in [0.05, 0.1) is 27.9 Å². The summed E-state index contributed by atoms with van der Waals surface area (Å²) in [4.78, 5) is 10.4. The first-order valence-electron chi connectivity index (χ1n) is 9.81. The Morgan fingerprint density at radius 3 is 2.27 bits per heavy atom. The Hall–Kier alpha value is -1.20. The van der Waals surface area contributed by atoms with Crippen LogP contribution in [-0.2, 0) is 21.8 Å². The highest BCUT2D eigenvalue weighted by Gasteiger charge is 2.17. The minimum Gasteiger partial charge on any atom is -0.357 e. The molecule has 6 nitrogen and oxygen atoms in total. The van der Waals surface area contributed by atoms with E-state index in [-0.39, 0.29) is 41.7 Å². The number of rotatable bonds is 7. The molecule has 1 aromatic carbocycles. The maximum atomic E-state index is 12.7. The van der Waals surface area contributed by atoms with Gasteiger partial charge in [-0.15, -0.1) is 35.3 Å². The number of sulfone groups is 1. The van der Waals surface area contributed by atoms with E-state index in [1.54, 1.807) is 23.5 Å². The molecule has 0 aliphatic heterocycles. The number of aliphatic imine (C=N–C) groups is 1. The number of hydrogen-bond donors (Lipinski definition) is 2. The van der Waals surface area contributed by atoms with E-state index in [0.29, 0.717) is 23.9 Å². The highest BCUT2D eigenvalue weighted by Crippen LogP contribution is 2.23. The van der Waals surface area contributed by atoms with Crippen molar-refractivity contribution in [3.63, 3.8) is 0 Å². The molecule has 0 atom stereocenters. The molecule has 168 valence electrons. The molecule has 0 spiro atoms. The molecular weight excluding hydrogens is 531 g/mol. The van der Waals surface area contributed by atoms with E-state index in [2.05, 4.69) is 41.4 Å². The normalized spacial score (nSPS) is 12.4. The molecule has 1 aromatic heterocycles. The number of nitrogens with zero attached hydrogens (tertiary/aromatic N) is 2. The van der Waals surface area contributed by atoms with Crippen molar-refractivity contribution < 1.29 is 8.42 Å². The van der Waals surface area contributed by atoms with Crippen molar-refractivity contribution in [1.82, 2.24) is 15.6 Å². The van der Waals surface area contributed by atoms with Crippen molar-refractivity contribution >= 4 is 51.1 Å². The molecule has 2 aromatic rings. The molecule has 0 saturated carbocycles. The SMILES string of the molecule is CCNC(=NCc1sc(C)nc1C)NCCS(=O)(=O)c1ccc(C(C)(C)C)cc1.I. The summed E-state index contributed by atoms with van der Waals surface area (Å²) in [7, 11) is -3.36. The standard InChI is InChI=1S/C21H32N4O2S2.HI/c1-7-22-20(24-14-19-15(2)25-16(3)28-19)23-12-13-29(26,27)18-10-8-17(9-11-18)21(4,5)6;/h8-11H,7,12-14H2,1-6H3,(H2,22,23,24);1H. The second-order valence-electron chi connectivity index (χ2n) is 7.96. The minimum absolute atomic E-state index is 0. The van der Waals surface area contributed by atoms with Crippen molar-refractivity contribution in [1.29, 1.82) is 0 Å². The Morgan fingerprint density at radius 2 is 1.77 bits per heavy atom. The second kappa shape index (κ2) is 11.4. The average molecular weight is 565 g/mol. The van der Waals surface area contributed by atoms with Crippen LogP contribution in [0, 0.1) is 13.8 Å². The minimum atomic E-state index is -3.36. The van der Waals surface area contributed by atoms with Crippen molar-refractivity contribution in [3.8, 4) is 0 Å². The number of halogens is 1. The molecule has 0 radical (unpaired) electrons. The Labute approximate surface area is 201 Å². The van der Waals surface area contributed by atoms with Crippen LogP contribution in [0.1, 0.15) is 48.8 Å². The summed E-state index contributed by atoms with van der Waals surface area (Å²) in [5.74, 6) is 0.613. The van der Waals surface area contributed by atoms with Crippen LogP contribution in [0.5, 0.6) is 0 Å². The van der Waals surface area contributed by atoms with Crippen LogP contribution < -0.4 is 10.6 Å². The van der Waals surface area contributed by atoms with Gasteiger partial charge in [0.15, 0.2) is 15.8 Å². The number of hydrogen-bond acceptors (Lipinski definition) is 5. The molecule has 0 bridgehead atoms. The fraction of sp³-hybridized carbons (Fsp3) is 0.524. The zero-order chi connectivity index (χ0) is 21.7. The fourth-order valence-electron chi connectivity index (χ4n) is 2.80. The maximum Gasteiger partial charge on any atom is 0.191 e. The zero-order valence-corrected chi connectivity index (χ0v) is 22.5. The van der Waals surface area contributed by atoms with Crippen molar-refractivity contribution in [2.45, 2.75) is 58.4 Å². The third kappa shape index (κ3) is 7.81. The van der Waals surface area contributed by atoms with Crippen molar-refractivity contribution in [2.24, 2.45) is 4.99 Å².